The molecular formula is C15H18BrNS. The lowest BCUT2D eigenvalue weighted by atomic mass is 9.98. The highest BCUT2D eigenvalue weighted by Crippen LogP contribution is 2.32. The van der Waals surface area contributed by atoms with E-state index in [1.807, 2.05) is 0 Å². The molecule has 2 N–H and O–H groups in total. The Balaban J connectivity index is 2.20. The van der Waals surface area contributed by atoms with Crippen molar-refractivity contribution in [1.29, 1.82) is 0 Å². The number of hydrogen-bond donors (Lipinski definition) is 1. The summed E-state index contributed by atoms with van der Waals surface area (Å²) in [6.45, 7) is 6.38. The third kappa shape index (κ3) is 3.02. The Labute approximate surface area is 121 Å². The summed E-state index contributed by atoms with van der Waals surface area (Å²) >= 11 is 5.30. The van der Waals surface area contributed by atoms with Crippen LogP contribution in [0.3, 0.4) is 0 Å². The molecule has 1 aromatic carbocycles. The summed E-state index contributed by atoms with van der Waals surface area (Å²) in [6, 6.07) is 8.83. The van der Waals surface area contributed by atoms with Crippen LogP contribution in [0.1, 0.15) is 33.2 Å². The largest absolute Gasteiger partial charge is 0.323 e. The Morgan fingerprint density at radius 3 is 2.50 bits per heavy atom. The molecule has 3 heteroatoms. The van der Waals surface area contributed by atoms with E-state index in [1.165, 1.54) is 30.9 Å². The third-order valence-corrected chi connectivity index (χ3v) is 5.45. The first kappa shape index (κ1) is 13.8. The molecule has 1 atom stereocenters. The van der Waals surface area contributed by atoms with E-state index in [4.69, 9.17) is 5.73 Å². The molecule has 1 heterocycles. The standard InChI is InChI=1S/C15H18BrNS/c1-9-4-5-10(2)12(6-9)8-13(17)14-7-11(3)15(16)18-14/h4-7,13H,8,17H2,1-3H3. The normalized spacial score (nSPS) is 12.7. The Morgan fingerprint density at radius 1 is 1.17 bits per heavy atom. The number of halogens is 1. The second-order valence-corrected chi connectivity index (χ2v) is 7.25. The van der Waals surface area contributed by atoms with Gasteiger partial charge in [-0.15, -0.1) is 11.3 Å². The molecule has 0 saturated carbocycles. The summed E-state index contributed by atoms with van der Waals surface area (Å²) in [4.78, 5) is 1.25. The van der Waals surface area contributed by atoms with Gasteiger partial charge in [0.05, 0.1) is 3.79 Å². The monoisotopic (exact) mass is 323 g/mol. The van der Waals surface area contributed by atoms with Gasteiger partial charge in [0.15, 0.2) is 0 Å². The van der Waals surface area contributed by atoms with Gasteiger partial charge < -0.3 is 5.73 Å². The lowest BCUT2D eigenvalue weighted by Crippen LogP contribution is -2.12. The molecular weight excluding hydrogens is 306 g/mol. The van der Waals surface area contributed by atoms with Crippen molar-refractivity contribution in [3.05, 3.63) is 55.2 Å². The molecule has 2 aromatic rings. The maximum Gasteiger partial charge on any atom is 0.0731 e. The van der Waals surface area contributed by atoms with Crippen LogP contribution in [0.25, 0.3) is 0 Å². The van der Waals surface area contributed by atoms with E-state index in [2.05, 4.69) is 61.0 Å². The number of aryl methyl sites for hydroxylation is 3. The van der Waals surface area contributed by atoms with Crippen molar-refractivity contribution in [2.45, 2.75) is 33.2 Å². The zero-order valence-corrected chi connectivity index (χ0v) is 13.4. The average Bonchev–Trinajstić information content (AvgIpc) is 2.64. The second kappa shape index (κ2) is 5.55. The minimum Gasteiger partial charge on any atom is -0.323 e. The first-order valence-corrected chi connectivity index (χ1v) is 7.66. The van der Waals surface area contributed by atoms with Gasteiger partial charge in [-0.25, -0.2) is 0 Å². The van der Waals surface area contributed by atoms with Gasteiger partial charge in [-0.3, -0.25) is 0 Å². The number of thiophene rings is 1. The van der Waals surface area contributed by atoms with Crippen LogP contribution < -0.4 is 5.73 Å². The average molecular weight is 324 g/mol. The lowest BCUT2D eigenvalue weighted by molar-refractivity contribution is 0.732. The Morgan fingerprint density at radius 2 is 1.89 bits per heavy atom. The SMILES string of the molecule is Cc1ccc(C)c(CC(N)c2cc(C)c(Br)s2)c1. The van der Waals surface area contributed by atoms with Crippen molar-refractivity contribution in [2.75, 3.05) is 0 Å². The van der Waals surface area contributed by atoms with Crippen molar-refractivity contribution in [1.82, 2.24) is 0 Å². The predicted octanol–water partition coefficient (Wildman–Crippen LogP) is 4.68. The molecule has 0 bridgehead atoms. The summed E-state index contributed by atoms with van der Waals surface area (Å²) in [6.07, 6.45) is 0.903. The summed E-state index contributed by atoms with van der Waals surface area (Å²) in [5, 5.41) is 0. The van der Waals surface area contributed by atoms with Crippen LogP contribution in [-0.4, -0.2) is 0 Å². The van der Waals surface area contributed by atoms with E-state index in [0.29, 0.717) is 0 Å². The summed E-state index contributed by atoms with van der Waals surface area (Å²) in [5.74, 6) is 0. The smallest absolute Gasteiger partial charge is 0.0731 e. The fourth-order valence-electron chi connectivity index (χ4n) is 2.02. The number of benzene rings is 1. The van der Waals surface area contributed by atoms with Crippen molar-refractivity contribution in [3.8, 4) is 0 Å². The van der Waals surface area contributed by atoms with Crippen LogP contribution in [0.5, 0.6) is 0 Å². The molecule has 0 fully saturated rings. The molecule has 1 unspecified atom stereocenters. The maximum absolute atomic E-state index is 6.32. The Kier molecular flexibility index (Phi) is 4.25. The molecule has 0 radical (unpaired) electrons. The third-order valence-electron chi connectivity index (χ3n) is 3.19. The van der Waals surface area contributed by atoms with Gasteiger partial charge in [0, 0.05) is 10.9 Å². The van der Waals surface area contributed by atoms with E-state index < -0.39 is 0 Å². The molecule has 0 amide bonds. The van der Waals surface area contributed by atoms with E-state index in [1.54, 1.807) is 11.3 Å². The van der Waals surface area contributed by atoms with Gasteiger partial charge in [-0.2, -0.15) is 0 Å². The van der Waals surface area contributed by atoms with Gasteiger partial charge in [0.2, 0.25) is 0 Å². The van der Waals surface area contributed by atoms with E-state index >= 15 is 0 Å². The Bertz CT molecular complexity index is 540. The number of hydrogen-bond acceptors (Lipinski definition) is 2. The highest BCUT2D eigenvalue weighted by atomic mass is 79.9. The molecule has 1 aromatic heterocycles. The summed E-state index contributed by atoms with van der Waals surface area (Å²) < 4.78 is 1.19. The molecule has 96 valence electrons. The van der Waals surface area contributed by atoms with E-state index in [-0.39, 0.29) is 6.04 Å². The fourth-order valence-corrected chi connectivity index (χ4v) is 3.60. The van der Waals surface area contributed by atoms with Crippen LogP contribution in [0.4, 0.5) is 0 Å². The quantitative estimate of drug-likeness (QED) is 0.872. The first-order chi connectivity index (χ1) is 8.47. The predicted molar refractivity (Wildman–Crippen MR) is 83.3 cm³/mol. The van der Waals surface area contributed by atoms with Crippen molar-refractivity contribution in [2.24, 2.45) is 5.73 Å². The van der Waals surface area contributed by atoms with Crippen LogP contribution in [0, 0.1) is 20.8 Å². The summed E-state index contributed by atoms with van der Waals surface area (Å²) in [5.41, 5.74) is 11.6. The zero-order chi connectivity index (χ0) is 13.3. The highest BCUT2D eigenvalue weighted by molar-refractivity contribution is 9.11. The molecule has 0 aliphatic heterocycles. The molecule has 0 aliphatic rings. The van der Waals surface area contributed by atoms with Crippen molar-refractivity contribution < 1.29 is 0 Å². The van der Waals surface area contributed by atoms with Gasteiger partial charge in [0.25, 0.3) is 0 Å². The minimum atomic E-state index is 0.0838. The first-order valence-electron chi connectivity index (χ1n) is 6.05. The number of rotatable bonds is 3. The van der Waals surface area contributed by atoms with Crippen molar-refractivity contribution >= 4 is 27.3 Å². The van der Waals surface area contributed by atoms with Gasteiger partial charge in [-0.05, 0) is 65.9 Å². The zero-order valence-electron chi connectivity index (χ0n) is 11.0. The molecule has 1 nitrogen and oxygen atoms in total. The fraction of sp³-hybridized carbons (Fsp3) is 0.333. The Hall–Kier alpha value is -0.640. The number of nitrogens with two attached hydrogens (primary N) is 1. The molecule has 0 spiro atoms. The van der Waals surface area contributed by atoms with Crippen LogP contribution in [0.15, 0.2) is 28.1 Å². The molecule has 0 saturated heterocycles. The lowest BCUT2D eigenvalue weighted by Gasteiger charge is -2.12. The van der Waals surface area contributed by atoms with Crippen LogP contribution in [-0.2, 0) is 6.42 Å². The second-order valence-electron chi connectivity index (χ2n) is 4.85. The molecule has 2 rings (SSSR count). The molecule has 18 heavy (non-hydrogen) atoms. The van der Waals surface area contributed by atoms with Crippen molar-refractivity contribution in [3.63, 3.8) is 0 Å². The molecule has 0 aliphatic carbocycles. The van der Waals surface area contributed by atoms with Gasteiger partial charge >= 0.3 is 0 Å². The summed E-state index contributed by atoms with van der Waals surface area (Å²) in [7, 11) is 0. The van der Waals surface area contributed by atoms with Gasteiger partial charge in [0.1, 0.15) is 0 Å². The van der Waals surface area contributed by atoms with Gasteiger partial charge in [-0.1, -0.05) is 23.8 Å². The maximum atomic E-state index is 6.32. The van der Waals surface area contributed by atoms with Crippen LogP contribution in [0.2, 0.25) is 0 Å². The minimum absolute atomic E-state index is 0.0838. The van der Waals surface area contributed by atoms with E-state index in [0.717, 1.165) is 6.42 Å². The highest BCUT2D eigenvalue weighted by Gasteiger charge is 2.13. The van der Waals surface area contributed by atoms with E-state index in [9.17, 15) is 0 Å². The topological polar surface area (TPSA) is 26.0 Å². The van der Waals surface area contributed by atoms with Crippen LogP contribution >= 0.6 is 27.3 Å².